The molecule has 33 heavy (non-hydrogen) atoms. The number of aromatic amines is 1. The van der Waals surface area contributed by atoms with Gasteiger partial charge in [-0.1, -0.05) is 37.3 Å². The molecule has 170 valence electrons. The van der Waals surface area contributed by atoms with E-state index < -0.39 is 0 Å². The molecule has 1 aliphatic carbocycles. The quantitative estimate of drug-likeness (QED) is 0.435. The highest BCUT2D eigenvalue weighted by Gasteiger charge is 2.58. The third-order valence-electron chi connectivity index (χ3n) is 7.23. The van der Waals surface area contributed by atoms with Crippen LogP contribution in [-0.2, 0) is 0 Å². The molecule has 1 saturated carbocycles. The van der Waals surface area contributed by atoms with E-state index in [0.29, 0.717) is 35.5 Å². The summed E-state index contributed by atoms with van der Waals surface area (Å²) in [5.41, 5.74) is 5.58. The minimum atomic E-state index is -0.321. The van der Waals surface area contributed by atoms with Crippen LogP contribution in [0.2, 0.25) is 0 Å². The van der Waals surface area contributed by atoms with Crippen molar-refractivity contribution in [1.82, 2.24) is 25.3 Å². The Morgan fingerprint density at radius 3 is 2.64 bits per heavy atom. The molecule has 4 aromatic rings. The number of carbonyl (C=O) groups excluding carboxylic acids is 1. The molecule has 1 aliphatic rings. The van der Waals surface area contributed by atoms with E-state index in [0.717, 1.165) is 6.42 Å². The van der Waals surface area contributed by atoms with Crippen molar-refractivity contribution in [1.29, 1.82) is 0 Å². The van der Waals surface area contributed by atoms with Gasteiger partial charge < -0.3 is 10.3 Å². The Morgan fingerprint density at radius 1 is 1.15 bits per heavy atom. The van der Waals surface area contributed by atoms with Gasteiger partial charge in [0, 0.05) is 23.1 Å². The van der Waals surface area contributed by atoms with E-state index in [2.05, 4.69) is 65.6 Å². The van der Waals surface area contributed by atoms with Crippen molar-refractivity contribution >= 4 is 16.8 Å². The summed E-state index contributed by atoms with van der Waals surface area (Å²) in [6.45, 7) is 9.13. The van der Waals surface area contributed by atoms with Crippen molar-refractivity contribution in [3.63, 3.8) is 0 Å². The number of hydrogen-bond donors (Lipinski definition) is 2. The first-order chi connectivity index (χ1) is 15.8. The molecule has 0 radical (unpaired) electrons. The van der Waals surface area contributed by atoms with Crippen LogP contribution in [0.15, 0.2) is 48.5 Å². The highest BCUT2D eigenvalue weighted by molar-refractivity contribution is 5.93. The number of aromatic nitrogens is 4. The zero-order chi connectivity index (χ0) is 23.3. The molecule has 2 aromatic heterocycles. The Kier molecular flexibility index (Phi) is 5.07. The van der Waals surface area contributed by atoms with E-state index >= 15 is 0 Å². The fourth-order valence-electron chi connectivity index (χ4n) is 5.35. The van der Waals surface area contributed by atoms with Crippen molar-refractivity contribution in [2.45, 2.75) is 40.0 Å². The van der Waals surface area contributed by atoms with Crippen molar-refractivity contribution in [2.24, 2.45) is 11.3 Å². The molecule has 2 heterocycles. The van der Waals surface area contributed by atoms with Crippen LogP contribution >= 0.6 is 0 Å². The van der Waals surface area contributed by atoms with Crippen LogP contribution in [0.3, 0.4) is 0 Å². The fraction of sp³-hybridized carbons (Fsp3) is 0.346. The van der Waals surface area contributed by atoms with E-state index in [9.17, 15) is 9.18 Å². The molecular weight excluding hydrogens is 417 g/mol. The van der Waals surface area contributed by atoms with Crippen molar-refractivity contribution in [3.05, 3.63) is 77.0 Å². The smallest absolute Gasteiger partial charge is 0.273 e. The summed E-state index contributed by atoms with van der Waals surface area (Å²) in [4.78, 5) is 16.3. The summed E-state index contributed by atoms with van der Waals surface area (Å²) in [5, 5.41) is 12.5. The van der Waals surface area contributed by atoms with Gasteiger partial charge in [0.15, 0.2) is 5.69 Å². The fourth-order valence-corrected chi connectivity index (χ4v) is 5.35. The monoisotopic (exact) mass is 445 g/mol. The van der Waals surface area contributed by atoms with E-state index in [4.69, 9.17) is 0 Å². The zero-order valence-electron chi connectivity index (χ0n) is 19.3. The van der Waals surface area contributed by atoms with Gasteiger partial charge in [0.05, 0.1) is 11.4 Å². The second-order valence-corrected chi connectivity index (χ2v) is 9.57. The van der Waals surface area contributed by atoms with Gasteiger partial charge in [0.2, 0.25) is 0 Å². The predicted octanol–water partition coefficient (Wildman–Crippen LogP) is 5.06. The third kappa shape index (κ3) is 3.61. The topological polar surface area (TPSA) is 75.6 Å². The molecule has 0 saturated heterocycles. The largest absolute Gasteiger partial charge is 0.358 e. The van der Waals surface area contributed by atoms with Crippen LogP contribution in [0.1, 0.15) is 53.6 Å². The van der Waals surface area contributed by atoms with Gasteiger partial charge in [0.25, 0.3) is 5.91 Å². The summed E-state index contributed by atoms with van der Waals surface area (Å²) in [6.07, 6.45) is 0.896. The lowest BCUT2D eigenvalue weighted by atomic mass is 10.0. The molecule has 2 aromatic carbocycles. The van der Waals surface area contributed by atoms with Crippen LogP contribution < -0.4 is 5.32 Å². The van der Waals surface area contributed by atoms with Crippen LogP contribution in [0.4, 0.5) is 4.39 Å². The maximum Gasteiger partial charge on any atom is 0.273 e. The highest BCUT2D eigenvalue weighted by Crippen LogP contribution is 2.67. The van der Waals surface area contributed by atoms with Crippen LogP contribution in [0.25, 0.3) is 16.6 Å². The average Bonchev–Trinajstić information content (AvgIpc) is 3.07. The van der Waals surface area contributed by atoms with Crippen molar-refractivity contribution in [3.8, 4) is 5.69 Å². The van der Waals surface area contributed by atoms with E-state index in [1.165, 1.54) is 34.3 Å². The van der Waals surface area contributed by atoms with Crippen LogP contribution in [0, 0.1) is 31.0 Å². The number of nitrogens with one attached hydrogen (secondary N) is 2. The minimum Gasteiger partial charge on any atom is -0.358 e. The Hall–Kier alpha value is -3.48. The van der Waals surface area contributed by atoms with Gasteiger partial charge in [-0.15, -0.1) is 5.10 Å². The molecule has 2 N–H and O–H groups in total. The zero-order valence-corrected chi connectivity index (χ0v) is 19.3. The molecule has 7 heteroatoms. The number of fused-ring (bicyclic) bond motifs is 1. The first-order valence-electron chi connectivity index (χ1n) is 11.3. The Labute approximate surface area is 192 Å². The number of amides is 1. The Balaban J connectivity index is 1.25. The van der Waals surface area contributed by atoms with Crippen molar-refractivity contribution in [2.75, 3.05) is 6.54 Å². The first kappa shape index (κ1) is 21.4. The molecule has 0 bridgehead atoms. The minimum absolute atomic E-state index is 0.183. The number of rotatable bonds is 6. The highest BCUT2D eigenvalue weighted by atomic mass is 19.1. The number of H-pyrrole nitrogens is 1. The SMILES string of the molecule is Cc1[nH]c2ccccc2c1[C@H]1[C@@H](CCNC(=O)c2nnn(-c3ccc(F)cc3)c2C)C1(C)C. The number of para-hydroxylation sites is 1. The van der Waals surface area contributed by atoms with Gasteiger partial charge in [-0.25, -0.2) is 9.07 Å². The Morgan fingerprint density at radius 2 is 1.88 bits per heavy atom. The molecule has 2 atom stereocenters. The molecule has 0 unspecified atom stereocenters. The Bertz CT molecular complexity index is 1330. The molecule has 5 rings (SSSR count). The number of carbonyl (C=O) groups is 1. The summed E-state index contributed by atoms with van der Waals surface area (Å²) in [7, 11) is 0. The van der Waals surface area contributed by atoms with E-state index in [1.54, 1.807) is 23.7 Å². The summed E-state index contributed by atoms with van der Waals surface area (Å²) in [6, 6.07) is 14.4. The molecular formula is C26H28FN5O. The lowest BCUT2D eigenvalue weighted by Crippen LogP contribution is -2.26. The van der Waals surface area contributed by atoms with Crippen LogP contribution in [-0.4, -0.2) is 32.4 Å². The average molecular weight is 446 g/mol. The molecule has 0 spiro atoms. The van der Waals surface area contributed by atoms with Gasteiger partial charge in [-0.05, 0) is 73.4 Å². The third-order valence-corrected chi connectivity index (χ3v) is 7.23. The predicted molar refractivity (Wildman–Crippen MR) is 126 cm³/mol. The molecule has 0 aliphatic heterocycles. The van der Waals surface area contributed by atoms with Crippen molar-refractivity contribution < 1.29 is 9.18 Å². The van der Waals surface area contributed by atoms with E-state index in [-0.39, 0.29) is 17.1 Å². The maximum atomic E-state index is 13.2. The maximum absolute atomic E-state index is 13.2. The summed E-state index contributed by atoms with van der Waals surface area (Å²) < 4.78 is 14.8. The normalized spacial score (nSPS) is 19.1. The molecule has 1 amide bonds. The summed E-state index contributed by atoms with van der Waals surface area (Å²) >= 11 is 0. The number of hydrogen-bond acceptors (Lipinski definition) is 3. The van der Waals surface area contributed by atoms with Gasteiger partial charge in [0.1, 0.15) is 5.82 Å². The standard InChI is InChI=1S/C26H28FN5O/c1-15-22(19-7-5-6-8-21(19)29-15)23-20(26(23,3)4)13-14-28-25(33)24-16(2)32(31-30-24)18-11-9-17(27)10-12-18/h5-12,20,23,29H,13-14H2,1-4H3,(H,28,33)/t20-,23-/m1/s1. The second kappa shape index (κ2) is 7.83. The second-order valence-electron chi connectivity index (χ2n) is 9.57. The van der Waals surface area contributed by atoms with E-state index in [1.807, 2.05) is 0 Å². The van der Waals surface area contributed by atoms with Gasteiger partial charge in [-0.3, -0.25) is 4.79 Å². The summed E-state index contributed by atoms with van der Waals surface area (Å²) in [5.74, 6) is 0.399. The lowest BCUT2D eigenvalue weighted by Gasteiger charge is -2.06. The molecule has 6 nitrogen and oxygen atoms in total. The number of aryl methyl sites for hydroxylation is 1. The number of nitrogens with zero attached hydrogens (tertiary/aromatic N) is 3. The van der Waals surface area contributed by atoms with Gasteiger partial charge >= 0.3 is 0 Å². The molecule has 1 fully saturated rings. The van der Waals surface area contributed by atoms with Crippen LogP contribution in [0.5, 0.6) is 0 Å². The number of halogens is 1. The first-order valence-corrected chi connectivity index (χ1v) is 11.3. The van der Waals surface area contributed by atoms with Gasteiger partial charge in [-0.2, -0.15) is 0 Å². The lowest BCUT2D eigenvalue weighted by molar-refractivity contribution is 0.0946. The number of benzene rings is 2.